The Balaban J connectivity index is 2.20. The maximum Gasteiger partial charge on any atom is 0.264 e. The maximum atomic E-state index is 11.6. The topological polar surface area (TPSA) is 166 Å². The third kappa shape index (κ3) is 4.62. The molecule has 0 atom stereocenters. The van der Waals surface area contributed by atoms with Crippen molar-refractivity contribution in [1.82, 2.24) is 0 Å². The van der Waals surface area contributed by atoms with E-state index < -0.39 is 20.0 Å². The summed E-state index contributed by atoms with van der Waals surface area (Å²) in [4.78, 5) is 4.29. The van der Waals surface area contributed by atoms with Gasteiger partial charge in [-0.1, -0.05) is 36.4 Å². The van der Waals surface area contributed by atoms with Gasteiger partial charge in [0, 0.05) is 18.9 Å². The van der Waals surface area contributed by atoms with Crippen molar-refractivity contribution in [3.63, 3.8) is 0 Å². The van der Waals surface area contributed by atoms with Crippen molar-refractivity contribution >= 4 is 32.2 Å². The molecule has 0 fully saturated rings. The summed E-state index contributed by atoms with van der Waals surface area (Å²) in [5, 5.41) is 0. The summed E-state index contributed by atoms with van der Waals surface area (Å²) in [5.74, 6) is 0. The van der Waals surface area contributed by atoms with E-state index >= 15 is 0 Å². The van der Waals surface area contributed by atoms with Gasteiger partial charge in [0.15, 0.2) is 0 Å². The van der Waals surface area contributed by atoms with E-state index in [2.05, 4.69) is 18.9 Å². The van der Waals surface area contributed by atoms with Gasteiger partial charge < -0.3 is 0 Å². The molecule has 26 heavy (non-hydrogen) atoms. The number of nitrogens with zero attached hydrogens (tertiary/aromatic N) is 6. The first-order valence-corrected chi connectivity index (χ1v) is 9.67. The van der Waals surface area contributed by atoms with Gasteiger partial charge in [-0.05, 0) is 46.5 Å². The lowest BCUT2D eigenvalue weighted by Gasteiger charge is -2.00. The number of rotatable bonds is 6. The van der Waals surface area contributed by atoms with Crippen LogP contribution < -0.4 is 0 Å². The molecule has 0 saturated heterocycles. The van der Waals surface area contributed by atoms with Gasteiger partial charge in [-0.3, -0.25) is 0 Å². The number of hydrogen-bond acceptors (Lipinski definition) is 4. The Morgan fingerprint density at radius 2 is 0.962 bits per heavy atom. The van der Waals surface area contributed by atoms with Gasteiger partial charge in [0.1, 0.15) is 0 Å². The second-order valence-electron chi connectivity index (χ2n) is 4.76. The van der Waals surface area contributed by atoms with Crippen LogP contribution in [0.4, 0.5) is 0 Å². The molecule has 0 heterocycles. The molecule has 0 N–H and O–H groups in total. The van der Waals surface area contributed by atoms with Gasteiger partial charge in [-0.25, -0.2) is 16.8 Å². The Hall–Kier alpha value is -3.30. The highest BCUT2D eigenvalue weighted by Crippen LogP contribution is 2.17. The third-order valence-corrected chi connectivity index (χ3v) is 5.42. The van der Waals surface area contributed by atoms with Gasteiger partial charge >= 0.3 is 0 Å². The predicted molar refractivity (Wildman–Crippen MR) is 94.5 cm³/mol. The molecule has 0 aliphatic rings. The zero-order valence-electron chi connectivity index (χ0n) is 12.9. The molecule has 0 saturated carbocycles. The monoisotopic (exact) mass is 390 g/mol. The smallest absolute Gasteiger partial charge is 0.216 e. The fraction of sp³-hybridized carbons (Fsp3) is 0. The lowest BCUT2D eigenvalue weighted by molar-refractivity contribution is 0.595. The fourth-order valence-corrected chi connectivity index (χ4v) is 3.23. The van der Waals surface area contributed by atoms with E-state index in [1.165, 1.54) is 48.5 Å². The van der Waals surface area contributed by atoms with Crippen molar-refractivity contribution in [3.05, 3.63) is 80.5 Å². The molecule has 0 aliphatic heterocycles. The van der Waals surface area contributed by atoms with E-state index in [1.807, 2.05) is 0 Å². The van der Waals surface area contributed by atoms with Crippen molar-refractivity contribution in [3.8, 4) is 0 Å². The molecule has 2 aromatic carbocycles. The molecule has 0 spiro atoms. The van der Waals surface area contributed by atoms with Crippen LogP contribution in [0.2, 0.25) is 0 Å². The summed E-state index contributed by atoms with van der Waals surface area (Å²) >= 11 is 0. The normalized spacial score (nSPS) is 11.5. The fourth-order valence-electron chi connectivity index (χ4n) is 1.88. The Morgan fingerprint density at radius 3 is 1.23 bits per heavy atom. The minimum absolute atomic E-state index is 0.125. The van der Waals surface area contributed by atoms with Gasteiger partial charge in [0.25, 0.3) is 20.0 Å². The molecule has 0 amide bonds. The first kappa shape index (κ1) is 19.0. The molecular formula is C14H10N6O4S2. The van der Waals surface area contributed by atoms with Crippen molar-refractivity contribution in [2.24, 2.45) is 9.04 Å². The first-order chi connectivity index (χ1) is 12.3. The van der Waals surface area contributed by atoms with Crippen LogP contribution in [-0.4, -0.2) is 16.8 Å². The van der Waals surface area contributed by atoms with E-state index in [0.717, 1.165) is 0 Å². The number of sulfonamides is 2. The molecule has 0 radical (unpaired) electrons. The van der Waals surface area contributed by atoms with Gasteiger partial charge in [-0.15, -0.1) is 0 Å². The van der Waals surface area contributed by atoms with Crippen LogP contribution in [-0.2, 0) is 20.0 Å². The van der Waals surface area contributed by atoms with Crippen LogP contribution in [0.5, 0.6) is 0 Å². The molecule has 132 valence electrons. The SMILES string of the molecule is [N-]=[N+]=NS(=O)(=O)c1ccc(C=Cc2ccc(S(=O)(=O)N=[N+]=[N-])cc2)cc1. The van der Waals surface area contributed by atoms with E-state index in [0.29, 0.717) is 11.1 Å². The molecule has 0 aliphatic carbocycles. The van der Waals surface area contributed by atoms with Crippen molar-refractivity contribution in [2.75, 3.05) is 0 Å². The lowest BCUT2D eigenvalue weighted by atomic mass is 10.1. The lowest BCUT2D eigenvalue weighted by Crippen LogP contribution is -1.94. The Labute approximate surface area is 148 Å². The van der Waals surface area contributed by atoms with Crippen LogP contribution in [0.3, 0.4) is 0 Å². The average molecular weight is 390 g/mol. The zero-order chi connectivity index (χ0) is 19.2. The summed E-state index contributed by atoms with van der Waals surface area (Å²) in [6.07, 6.45) is 3.36. The summed E-state index contributed by atoms with van der Waals surface area (Å²) < 4.78 is 51.8. The van der Waals surface area contributed by atoms with Gasteiger partial charge in [0.05, 0.1) is 9.79 Å². The highest BCUT2D eigenvalue weighted by molar-refractivity contribution is 7.90. The predicted octanol–water partition coefficient (Wildman–Crippen LogP) is 3.86. The van der Waals surface area contributed by atoms with Crippen LogP contribution in [0.15, 0.2) is 67.4 Å². The van der Waals surface area contributed by atoms with Crippen molar-refractivity contribution in [2.45, 2.75) is 9.79 Å². The quantitative estimate of drug-likeness (QED) is 0.316. The maximum absolute atomic E-state index is 11.6. The summed E-state index contributed by atoms with van der Waals surface area (Å²) in [7, 11) is -8.05. The number of hydrogen-bond donors (Lipinski definition) is 0. The molecule has 0 aromatic heterocycles. The second kappa shape index (κ2) is 7.72. The Bertz CT molecular complexity index is 1050. The summed E-state index contributed by atoms with van der Waals surface area (Å²) in [6, 6.07) is 11.3. The molecule has 2 rings (SSSR count). The minimum atomic E-state index is -4.02. The zero-order valence-corrected chi connectivity index (χ0v) is 14.5. The number of benzene rings is 2. The molecule has 10 nitrogen and oxygen atoms in total. The van der Waals surface area contributed by atoms with Gasteiger partial charge in [0.2, 0.25) is 0 Å². The standard InChI is InChI=1S/C14H10N6O4S2/c15-17-19-25(21,22)13-7-3-11(4-8-13)1-2-12-5-9-14(10-6-12)26(23,24)20-18-16/h1-10H. The van der Waals surface area contributed by atoms with Crippen LogP contribution in [0, 0.1) is 0 Å². The second-order valence-corrected chi connectivity index (χ2v) is 7.93. The Kier molecular flexibility index (Phi) is 5.65. The van der Waals surface area contributed by atoms with E-state index in [1.54, 1.807) is 12.2 Å². The highest BCUT2D eigenvalue weighted by Gasteiger charge is 2.11. The molecule has 12 heteroatoms. The molecular weight excluding hydrogens is 380 g/mol. The minimum Gasteiger partial charge on any atom is -0.216 e. The molecule has 2 aromatic rings. The van der Waals surface area contributed by atoms with E-state index in [-0.39, 0.29) is 9.79 Å². The summed E-state index contributed by atoms with van der Waals surface area (Å²) in [5.41, 5.74) is 17.8. The van der Waals surface area contributed by atoms with Crippen LogP contribution in [0.25, 0.3) is 33.0 Å². The number of azide groups is 2. The summed E-state index contributed by atoms with van der Waals surface area (Å²) in [6.45, 7) is 0. The van der Waals surface area contributed by atoms with Crippen molar-refractivity contribution < 1.29 is 16.8 Å². The van der Waals surface area contributed by atoms with E-state index in [9.17, 15) is 16.8 Å². The first-order valence-electron chi connectivity index (χ1n) is 6.79. The third-order valence-electron chi connectivity index (χ3n) is 3.11. The van der Waals surface area contributed by atoms with Crippen LogP contribution in [0.1, 0.15) is 11.1 Å². The molecule has 0 unspecified atom stereocenters. The van der Waals surface area contributed by atoms with Crippen LogP contribution >= 0.6 is 0 Å². The van der Waals surface area contributed by atoms with Crippen molar-refractivity contribution in [1.29, 1.82) is 0 Å². The highest BCUT2D eigenvalue weighted by atomic mass is 32.2. The van der Waals surface area contributed by atoms with Gasteiger partial charge in [-0.2, -0.15) is 0 Å². The van der Waals surface area contributed by atoms with E-state index in [4.69, 9.17) is 11.1 Å². The average Bonchev–Trinajstić information content (AvgIpc) is 2.60. The largest absolute Gasteiger partial charge is 0.264 e. The Morgan fingerprint density at radius 1 is 0.654 bits per heavy atom. The molecule has 0 bridgehead atoms.